The molecule has 1 aromatic heterocycles. The Kier molecular flexibility index (Phi) is 2.20. The molecule has 0 radical (unpaired) electrons. The second-order valence-corrected chi connectivity index (χ2v) is 5.07. The predicted molar refractivity (Wildman–Crippen MR) is 58.9 cm³/mol. The number of aryl methyl sites for hydroxylation is 1. The lowest BCUT2D eigenvalue weighted by atomic mass is 10.1. The summed E-state index contributed by atoms with van der Waals surface area (Å²) in [6.07, 6.45) is 1.10. The minimum atomic E-state index is 1.10. The van der Waals surface area contributed by atoms with Crippen LogP contribution in [-0.4, -0.2) is 0 Å². The highest BCUT2D eigenvalue weighted by atomic mass is 79.9. The molecule has 0 amide bonds. The van der Waals surface area contributed by atoms with E-state index < -0.39 is 0 Å². The second-order valence-electron chi connectivity index (χ2n) is 2.70. The summed E-state index contributed by atoms with van der Waals surface area (Å²) in [4.78, 5) is 0. The molecule has 2 heteroatoms. The van der Waals surface area contributed by atoms with Gasteiger partial charge in [0.15, 0.2) is 0 Å². The molecule has 0 N–H and O–H groups in total. The van der Waals surface area contributed by atoms with Gasteiger partial charge in [-0.2, -0.15) is 0 Å². The van der Waals surface area contributed by atoms with Crippen molar-refractivity contribution in [2.45, 2.75) is 13.3 Å². The number of thiophene rings is 1. The zero-order chi connectivity index (χ0) is 8.55. The summed E-state index contributed by atoms with van der Waals surface area (Å²) in [6.45, 7) is 2.19. The molecule has 1 heterocycles. The molecular weight excluding hydrogens is 232 g/mol. The Hall–Kier alpha value is -0.340. The third-order valence-corrected chi connectivity index (χ3v) is 3.97. The smallest absolute Gasteiger partial charge is 0.0742 e. The maximum absolute atomic E-state index is 3.59. The number of benzene rings is 1. The van der Waals surface area contributed by atoms with Crippen LogP contribution in [0.3, 0.4) is 0 Å². The molecule has 0 nitrogen and oxygen atoms in total. The number of halogens is 1. The largest absolute Gasteiger partial charge is 0.128 e. The van der Waals surface area contributed by atoms with E-state index >= 15 is 0 Å². The minimum absolute atomic E-state index is 1.10. The fourth-order valence-corrected chi connectivity index (χ4v) is 3.43. The van der Waals surface area contributed by atoms with Gasteiger partial charge >= 0.3 is 0 Å². The Morgan fingerprint density at radius 1 is 1.33 bits per heavy atom. The molecular formula is C10H9BrS. The molecule has 0 fully saturated rings. The fraction of sp³-hybridized carbons (Fsp3) is 0.200. The summed E-state index contributed by atoms with van der Waals surface area (Å²) in [5, 5.41) is 1.40. The SMILES string of the molecule is CCc1c(Br)sc2ccccc12. The lowest BCUT2D eigenvalue weighted by molar-refractivity contribution is 1.16. The molecule has 0 aliphatic carbocycles. The number of fused-ring (bicyclic) bond motifs is 1. The van der Waals surface area contributed by atoms with Crippen LogP contribution in [0.25, 0.3) is 10.1 Å². The van der Waals surface area contributed by atoms with E-state index in [1.54, 1.807) is 0 Å². The highest BCUT2D eigenvalue weighted by Gasteiger charge is 2.06. The van der Waals surface area contributed by atoms with Gasteiger partial charge in [-0.1, -0.05) is 25.1 Å². The van der Waals surface area contributed by atoms with E-state index in [0.717, 1.165) is 6.42 Å². The second kappa shape index (κ2) is 3.19. The first kappa shape index (κ1) is 8.27. The van der Waals surface area contributed by atoms with Crippen LogP contribution < -0.4 is 0 Å². The summed E-state index contributed by atoms with van der Waals surface area (Å²) in [5.41, 5.74) is 1.44. The molecule has 1 aromatic carbocycles. The molecule has 0 unspecified atom stereocenters. The van der Waals surface area contributed by atoms with Crippen molar-refractivity contribution in [1.82, 2.24) is 0 Å². The van der Waals surface area contributed by atoms with Gasteiger partial charge in [0, 0.05) is 4.70 Å². The monoisotopic (exact) mass is 240 g/mol. The van der Waals surface area contributed by atoms with Crippen molar-refractivity contribution in [3.63, 3.8) is 0 Å². The Labute approximate surface area is 84.4 Å². The summed E-state index contributed by atoms with van der Waals surface area (Å²) >= 11 is 5.41. The van der Waals surface area contributed by atoms with Gasteiger partial charge in [-0.15, -0.1) is 11.3 Å². The highest BCUT2D eigenvalue weighted by molar-refractivity contribution is 9.11. The maximum atomic E-state index is 3.59. The molecule has 0 aliphatic rings. The first-order chi connectivity index (χ1) is 5.83. The number of hydrogen-bond donors (Lipinski definition) is 0. The topological polar surface area (TPSA) is 0 Å². The van der Waals surface area contributed by atoms with Crippen LogP contribution in [0.4, 0.5) is 0 Å². The van der Waals surface area contributed by atoms with Gasteiger partial charge in [-0.25, -0.2) is 0 Å². The predicted octanol–water partition coefficient (Wildman–Crippen LogP) is 4.23. The van der Waals surface area contributed by atoms with Gasteiger partial charge < -0.3 is 0 Å². The Bertz CT molecular complexity index is 403. The Morgan fingerprint density at radius 2 is 2.08 bits per heavy atom. The van der Waals surface area contributed by atoms with Gasteiger partial charge in [0.25, 0.3) is 0 Å². The van der Waals surface area contributed by atoms with E-state index in [4.69, 9.17) is 0 Å². The molecule has 0 spiro atoms. The average molecular weight is 241 g/mol. The van der Waals surface area contributed by atoms with Crippen LogP contribution in [0.1, 0.15) is 12.5 Å². The van der Waals surface area contributed by atoms with Crippen molar-refractivity contribution in [2.24, 2.45) is 0 Å². The summed E-state index contributed by atoms with van der Waals surface area (Å²) < 4.78 is 2.66. The highest BCUT2D eigenvalue weighted by Crippen LogP contribution is 2.35. The molecule has 2 rings (SSSR count). The van der Waals surface area contributed by atoms with Crippen molar-refractivity contribution in [3.8, 4) is 0 Å². The number of rotatable bonds is 1. The van der Waals surface area contributed by atoms with Crippen molar-refractivity contribution >= 4 is 37.4 Å². The molecule has 0 atom stereocenters. The Morgan fingerprint density at radius 3 is 2.83 bits per heavy atom. The van der Waals surface area contributed by atoms with Crippen LogP contribution in [0.5, 0.6) is 0 Å². The first-order valence-electron chi connectivity index (χ1n) is 3.99. The fourth-order valence-electron chi connectivity index (χ4n) is 1.40. The van der Waals surface area contributed by atoms with Crippen LogP contribution in [0, 0.1) is 0 Å². The van der Waals surface area contributed by atoms with E-state index in [1.165, 1.54) is 19.4 Å². The molecule has 2 aromatic rings. The van der Waals surface area contributed by atoms with Gasteiger partial charge in [-0.3, -0.25) is 0 Å². The van der Waals surface area contributed by atoms with Crippen molar-refractivity contribution in [3.05, 3.63) is 33.6 Å². The quantitative estimate of drug-likeness (QED) is 0.701. The molecule has 0 saturated carbocycles. The van der Waals surface area contributed by atoms with Crippen molar-refractivity contribution in [1.29, 1.82) is 0 Å². The zero-order valence-electron chi connectivity index (χ0n) is 6.80. The van der Waals surface area contributed by atoms with Crippen LogP contribution in [0.15, 0.2) is 28.1 Å². The zero-order valence-corrected chi connectivity index (χ0v) is 9.21. The van der Waals surface area contributed by atoms with Crippen LogP contribution in [0.2, 0.25) is 0 Å². The van der Waals surface area contributed by atoms with E-state index in [2.05, 4.69) is 47.1 Å². The van der Waals surface area contributed by atoms with E-state index in [9.17, 15) is 0 Å². The molecule has 12 heavy (non-hydrogen) atoms. The van der Waals surface area contributed by atoms with Gasteiger partial charge in [0.2, 0.25) is 0 Å². The van der Waals surface area contributed by atoms with Crippen LogP contribution in [-0.2, 0) is 6.42 Å². The summed E-state index contributed by atoms with van der Waals surface area (Å²) in [5.74, 6) is 0. The van der Waals surface area contributed by atoms with Crippen molar-refractivity contribution in [2.75, 3.05) is 0 Å². The molecule has 0 aliphatic heterocycles. The summed E-state index contributed by atoms with van der Waals surface area (Å²) in [7, 11) is 0. The third-order valence-electron chi connectivity index (χ3n) is 2.00. The minimum Gasteiger partial charge on any atom is -0.128 e. The standard InChI is InChI=1S/C10H9BrS/c1-2-7-8-5-3-4-6-9(8)12-10(7)11/h3-6H,2H2,1H3. The molecule has 0 saturated heterocycles. The number of hydrogen-bond acceptors (Lipinski definition) is 1. The van der Waals surface area contributed by atoms with E-state index in [-0.39, 0.29) is 0 Å². The van der Waals surface area contributed by atoms with Crippen LogP contribution >= 0.6 is 27.3 Å². The third kappa shape index (κ3) is 1.19. The normalized spacial score (nSPS) is 10.8. The van der Waals surface area contributed by atoms with Crippen molar-refractivity contribution < 1.29 is 0 Å². The summed E-state index contributed by atoms with van der Waals surface area (Å²) in [6, 6.07) is 8.55. The maximum Gasteiger partial charge on any atom is 0.0742 e. The molecule has 62 valence electrons. The lowest BCUT2D eigenvalue weighted by Crippen LogP contribution is -1.75. The Balaban J connectivity index is 2.81. The van der Waals surface area contributed by atoms with Gasteiger partial charge in [-0.05, 0) is 39.4 Å². The average Bonchev–Trinajstić information content (AvgIpc) is 2.40. The lowest BCUT2D eigenvalue weighted by Gasteiger charge is -1.92. The van der Waals surface area contributed by atoms with Gasteiger partial charge in [0.1, 0.15) is 0 Å². The van der Waals surface area contributed by atoms with E-state index in [0.29, 0.717) is 0 Å². The van der Waals surface area contributed by atoms with Gasteiger partial charge in [0.05, 0.1) is 3.79 Å². The molecule has 0 bridgehead atoms. The van der Waals surface area contributed by atoms with E-state index in [1.807, 2.05) is 11.3 Å². The first-order valence-corrected chi connectivity index (χ1v) is 5.59.